The second kappa shape index (κ2) is 8.41. The maximum atomic E-state index is 13.7. The van der Waals surface area contributed by atoms with Crippen molar-refractivity contribution in [2.45, 2.75) is 24.9 Å². The van der Waals surface area contributed by atoms with Crippen LogP contribution in [-0.2, 0) is 16.1 Å². The zero-order valence-electron chi connectivity index (χ0n) is 18.5. The maximum Gasteiger partial charge on any atom is 0.352 e. The van der Waals surface area contributed by atoms with Crippen LogP contribution in [0, 0.1) is 0 Å². The Bertz CT molecular complexity index is 1710. The number of ketones is 2. The number of rotatable bonds is 2. The van der Waals surface area contributed by atoms with Gasteiger partial charge in [-0.3, -0.25) is 9.59 Å². The summed E-state index contributed by atoms with van der Waals surface area (Å²) in [5, 5.41) is 10.8. The molecule has 1 aromatic heterocycles. The Labute approximate surface area is 226 Å². The van der Waals surface area contributed by atoms with Crippen LogP contribution in [0.4, 0.5) is 0 Å². The normalized spacial score (nSPS) is 20.9. The quantitative estimate of drug-likeness (QED) is 0.257. The first-order valence-corrected chi connectivity index (χ1v) is 13.0. The van der Waals surface area contributed by atoms with Crippen LogP contribution >= 0.6 is 38.5 Å². The van der Waals surface area contributed by atoms with Crippen LogP contribution in [0.25, 0.3) is 5.69 Å². The molecule has 2 aliphatic carbocycles. The largest absolute Gasteiger partial charge is 0.508 e. The standard InChI is InChI=1S/C26H17BrIN3O5/c27-13-6-7-20(32)16(10-13)22-15-8-9-29-25(35)30(14-4-2-1-3-5-14)26(36)31(29)19(15)11-17-21(33)12-18(28)24(34)23(17)22/h1-8,10,12,19,22,32H,9,11H2. The third-order valence-electron chi connectivity index (χ3n) is 6.92. The SMILES string of the molecule is O=C1C=C(I)C(=O)C2=C1CC1C(=CCn3c(=O)n(-c4ccccc4)c(=O)n31)C2c1cc(Br)ccc1O. The monoisotopic (exact) mass is 657 g/mol. The van der Waals surface area contributed by atoms with E-state index >= 15 is 0 Å². The van der Waals surface area contributed by atoms with Gasteiger partial charge in [0.25, 0.3) is 0 Å². The van der Waals surface area contributed by atoms with Crippen molar-refractivity contribution in [3.05, 3.63) is 112 Å². The van der Waals surface area contributed by atoms with Gasteiger partial charge in [0.05, 0.1) is 21.9 Å². The highest BCUT2D eigenvalue weighted by Gasteiger charge is 2.45. The fourth-order valence-corrected chi connectivity index (χ4v) is 6.33. The van der Waals surface area contributed by atoms with Crippen LogP contribution in [0.15, 0.2) is 95.0 Å². The molecular formula is C26H17BrIN3O5. The van der Waals surface area contributed by atoms with Crippen LogP contribution in [0.5, 0.6) is 5.75 Å². The molecule has 3 aliphatic rings. The molecule has 0 radical (unpaired) electrons. The Morgan fingerprint density at radius 1 is 1.00 bits per heavy atom. The number of para-hydroxylation sites is 1. The molecule has 36 heavy (non-hydrogen) atoms. The molecule has 8 nitrogen and oxygen atoms in total. The second-order valence-corrected chi connectivity index (χ2v) is 10.9. The van der Waals surface area contributed by atoms with E-state index in [4.69, 9.17) is 0 Å². The minimum Gasteiger partial charge on any atom is -0.508 e. The Hall–Kier alpha value is -3.25. The Kier molecular flexibility index (Phi) is 5.41. The lowest BCUT2D eigenvalue weighted by atomic mass is 9.68. The molecule has 2 heterocycles. The third-order valence-corrected chi connectivity index (χ3v) is 8.21. The molecule has 0 saturated heterocycles. The summed E-state index contributed by atoms with van der Waals surface area (Å²) in [5.74, 6) is -1.35. The summed E-state index contributed by atoms with van der Waals surface area (Å²) in [6.45, 7) is 0.114. The summed E-state index contributed by atoms with van der Waals surface area (Å²) < 4.78 is 4.86. The number of carbonyl (C=O) groups excluding carboxylic acids is 2. The van der Waals surface area contributed by atoms with E-state index in [9.17, 15) is 24.3 Å². The molecular weight excluding hydrogens is 641 g/mol. The first-order chi connectivity index (χ1) is 17.3. The highest BCUT2D eigenvalue weighted by Crippen LogP contribution is 2.52. The van der Waals surface area contributed by atoms with Gasteiger partial charge in [-0.2, -0.15) is 0 Å². The number of carbonyl (C=O) groups is 2. The first-order valence-electron chi connectivity index (χ1n) is 11.2. The number of aromatic hydroxyl groups is 1. The number of benzene rings is 2. The lowest BCUT2D eigenvalue weighted by Crippen LogP contribution is -2.40. The van der Waals surface area contributed by atoms with E-state index in [0.29, 0.717) is 36.0 Å². The van der Waals surface area contributed by atoms with Crippen LogP contribution in [0.3, 0.4) is 0 Å². The van der Waals surface area contributed by atoms with E-state index in [0.717, 1.165) is 4.57 Å². The van der Waals surface area contributed by atoms with Gasteiger partial charge in [-0.25, -0.2) is 23.5 Å². The number of phenolic OH excluding ortho intramolecular Hbond substituents is 1. The van der Waals surface area contributed by atoms with E-state index < -0.39 is 23.3 Å². The van der Waals surface area contributed by atoms with Crippen LogP contribution in [0.1, 0.15) is 23.9 Å². The summed E-state index contributed by atoms with van der Waals surface area (Å²) in [6, 6.07) is 12.9. The fourth-order valence-electron chi connectivity index (χ4n) is 5.38. The van der Waals surface area contributed by atoms with E-state index in [1.54, 1.807) is 42.5 Å². The lowest BCUT2D eigenvalue weighted by Gasteiger charge is -2.39. The number of phenols is 1. The minimum atomic E-state index is -0.748. The van der Waals surface area contributed by atoms with Crippen molar-refractivity contribution in [2.75, 3.05) is 0 Å². The number of halogens is 2. The third kappa shape index (κ3) is 3.30. The summed E-state index contributed by atoms with van der Waals surface area (Å²) in [6.07, 6.45) is 3.23. The number of aromatic nitrogens is 3. The molecule has 1 N–H and O–H groups in total. The van der Waals surface area contributed by atoms with Crippen LogP contribution < -0.4 is 11.4 Å². The average molecular weight is 658 g/mol. The van der Waals surface area contributed by atoms with Gasteiger partial charge in [-0.15, -0.1) is 0 Å². The van der Waals surface area contributed by atoms with Crippen molar-refractivity contribution < 1.29 is 14.7 Å². The number of Topliss-reactive ketones (excluding diaryl/α,β-unsaturated/α-hetero) is 1. The van der Waals surface area contributed by atoms with Gasteiger partial charge in [-0.1, -0.05) is 40.2 Å². The second-order valence-electron chi connectivity index (χ2n) is 8.80. The Balaban J connectivity index is 1.61. The molecule has 0 bridgehead atoms. The highest BCUT2D eigenvalue weighted by atomic mass is 127. The van der Waals surface area contributed by atoms with Crippen molar-refractivity contribution in [3.8, 4) is 11.4 Å². The zero-order valence-corrected chi connectivity index (χ0v) is 22.3. The molecule has 0 spiro atoms. The average Bonchev–Trinajstić information content (AvgIpc) is 3.13. The van der Waals surface area contributed by atoms with Crippen molar-refractivity contribution in [1.29, 1.82) is 0 Å². The number of nitrogens with zero attached hydrogens (tertiary/aromatic N) is 3. The number of hydrogen-bond donors (Lipinski definition) is 1. The Morgan fingerprint density at radius 3 is 2.50 bits per heavy atom. The zero-order chi connectivity index (χ0) is 25.3. The summed E-state index contributed by atoms with van der Waals surface area (Å²) in [4.78, 5) is 53.5. The van der Waals surface area contributed by atoms with E-state index in [1.807, 2.05) is 28.7 Å². The highest BCUT2D eigenvalue weighted by molar-refractivity contribution is 14.1. The molecule has 2 unspecified atom stereocenters. The van der Waals surface area contributed by atoms with E-state index in [2.05, 4.69) is 15.9 Å². The summed E-state index contributed by atoms with van der Waals surface area (Å²) >= 11 is 5.30. The maximum absolute atomic E-state index is 13.7. The smallest absolute Gasteiger partial charge is 0.352 e. The van der Waals surface area contributed by atoms with Crippen LogP contribution in [-0.4, -0.2) is 30.6 Å². The summed E-state index contributed by atoms with van der Waals surface area (Å²) in [7, 11) is 0. The molecule has 180 valence electrons. The number of fused-ring (bicyclic) bond motifs is 3. The molecule has 1 aliphatic heterocycles. The molecule has 10 heteroatoms. The molecule has 2 aromatic carbocycles. The molecule has 0 fully saturated rings. The lowest BCUT2D eigenvalue weighted by molar-refractivity contribution is -0.115. The van der Waals surface area contributed by atoms with Crippen molar-refractivity contribution in [1.82, 2.24) is 13.9 Å². The van der Waals surface area contributed by atoms with E-state index in [1.165, 1.54) is 21.5 Å². The van der Waals surface area contributed by atoms with Crippen molar-refractivity contribution in [2.24, 2.45) is 0 Å². The predicted octanol–water partition coefficient (Wildman–Crippen LogP) is 3.70. The first kappa shape index (κ1) is 23.2. The predicted molar refractivity (Wildman–Crippen MR) is 144 cm³/mol. The van der Waals surface area contributed by atoms with Crippen LogP contribution in [0.2, 0.25) is 0 Å². The van der Waals surface area contributed by atoms with Gasteiger partial charge in [0, 0.05) is 39.6 Å². The molecule has 0 amide bonds. The molecule has 2 atom stereocenters. The summed E-state index contributed by atoms with van der Waals surface area (Å²) in [5.41, 5.74) is 1.20. The van der Waals surface area contributed by atoms with E-state index in [-0.39, 0.29) is 30.3 Å². The topological polar surface area (TPSA) is 103 Å². The van der Waals surface area contributed by atoms with Crippen molar-refractivity contribution in [3.63, 3.8) is 0 Å². The fraction of sp³-hybridized carbons (Fsp3) is 0.154. The van der Waals surface area contributed by atoms with Gasteiger partial charge in [0.1, 0.15) is 5.75 Å². The van der Waals surface area contributed by atoms with Gasteiger partial charge >= 0.3 is 11.4 Å². The number of hydrogen-bond acceptors (Lipinski definition) is 5. The van der Waals surface area contributed by atoms with Gasteiger partial charge < -0.3 is 5.11 Å². The number of allylic oxidation sites excluding steroid dienone is 6. The minimum absolute atomic E-state index is 0.0291. The Morgan fingerprint density at radius 2 is 1.75 bits per heavy atom. The molecule has 0 saturated carbocycles. The van der Waals surface area contributed by atoms with Crippen molar-refractivity contribution >= 4 is 50.1 Å². The molecule has 3 aromatic rings. The molecule has 6 rings (SSSR count). The van der Waals surface area contributed by atoms with Gasteiger partial charge in [-0.05, 0) is 58.5 Å². The van der Waals surface area contributed by atoms with Gasteiger partial charge in [0.15, 0.2) is 11.6 Å². The van der Waals surface area contributed by atoms with Gasteiger partial charge in [0.2, 0.25) is 0 Å².